The van der Waals surface area contributed by atoms with Crippen molar-refractivity contribution < 1.29 is 27.2 Å². The van der Waals surface area contributed by atoms with Crippen LogP contribution in [-0.2, 0) is 17.5 Å². The molecular weight excluding hydrogens is 535 g/mol. The standard InChI is InChI=1S/C30H28F3N5O3/c31-30(32,33)25-16-22(20-4-6-21(7-5-20)29(40)38-12-1-10-35-11-13-38)14-23-15-24(41-28(23)25)18-37-27(39)9-3-19-2-8-26(34)36-17-19/h2-9,14-17,35H,1,10-13,18H2,(H2,34,36)(H,37,39)/b9-3+. The number of furan rings is 1. The Morgan fingerprint density at radius 3 is 2.59 bits per heavy atom. The SMILES string of the molecule is Nc1ccc(/C=C/C(=O)NCc2cc3cc(-c4ccc(C(=O)N5CCCNCC5)cc4)cc(C(F)(F)F)c3o2)cn1. The lowest BCUT2D eigenvalue weighted by Gasteiger charge is -2.20. The minimum Gasteiger partial charge on any atom is -0.459 e. The number of aromatic nitrogens is 1. The third-order valence-electron chi connectivity index (χ3n) is 6.74. The second kappa shape index (κ2) is 11.8. The van der Waals surface area contributed by atoms with Crippen molar-refractivity contribution in [2.45, 2.75) is 19.1 Å². The van der Waals surface area contributed by atoms with Crippen molar-refractivity contribution in [3.05, 3.63) is 89.3 Å². The highest BCUT2D eigenvalue weighted by atomic mass is 19.4. The zero-order valence-electron chi connectivity index (χ0n) is 22.0. The predicted molar refractivity (Wildman–Crippen MR) is 150 cm³/mol. The molecule has 0 saturated carbocycles. The van der Waals surface area contributed by atoms with Gasteiger partial charge < -0.3 is 25.7 Å². The molecule has 0 spiro atoms. The smallest absolute Gasteiger partial charge is 0.420 e. The zero-order chi connectivity index (χ0) is 29.0. The number of carbonyl (C=O) groups is 2. The second-order valence-corrected chi connectivity index (χ2v) is 9.69. The topological polar surface area (TPSA) is 113 Å². The fourth-order valence-corrected chi connectivity index (χ4v) is 4.63. The van der Waals surface area contributed by atoms with E-state index in [0.29, 0.717) is 41.2 Å². The molecule has 4 aromatic rings. The van der Waals surface area contributed by atoms with Gasteiger partial charge >= 0.3 is 6.18 Å². The van der Waals surface area contributed by atoms with Gasteiger partial charge in [-0.2, -0.15) is 13.2 Å². The molecule has 11 heteroatoms. The molecule has 1 aliphatic rings. The van der Waals surface area contributed by atoms with E-state index >= 15 is 0 Å². The summed E-state index contributed by atoms with van der Waals surface area (Å²) >= 11 is 0. The van der Waals surface area contributed by atoms with E-state index in [-0.39, 0.29) is 29.2 Å². The Hall–Kier alpha value is -4.64. The lowest BCUT2D eigenvalue weighted by molar-refractivity contribution is -0.136. The molecule has 0 bridgehead atoms. The molecule has 1 fully saturated rings. The first-order valence-corrected chi connectivity index (χ1v) is 13.1. The Balaban J connectivity index is 1.34. The van der Waals surface area contributed by atoms with Gasteiger partial charge in [-0.1, -0.05) is 12.1 Å². The van der Waals surface area contributed by atoms with Crippen molar-refractivity contribution in [3.8, 4) is 11.1 Å². The molecular formula is C30H28F3N5O3. The van der Waals surface area contributed by atoms with Gasteiger partial charge in [-0.25, -0.2) is 4.98 Å². The van der Waals surface area contributed by atoms with Crippen molar-refractivity contribution in [2.75, 3.05) is 31.9 Å². The number of rotatable bonds is 6. The van der Waals surface area contributed by atoms with Gasteiger partial charge in [0.15, 0.2) is 0 Å². The van der Waals surface area contributed by atoms with Crippen LogP contribution >= 0.6 is 0 Å². The number of nitrogens with zero attached hydrogens (tertiary/aromatic N) is 2. The molecule has 2 aromatic heterocycles. The Bertz CT molecular complexity index is 1570. The number of benzene rings is 2. The van der Waals surface area contributed by atoms with Crippen LogP contribution in [0.5, 0.6) is 0 Å². The first-order valence-electron chi connectivity index (χ1n) is 13.1. The summed E-state index contributed by atoms with van der Waals surface area (Å²) in [6.45, 7) is 2.73. The number of anilines is 1. The lowest BCUT2D eigenvalue weighted by Crippen LogP contribution is -2.34. The van der Waals surface area contributed by atoms with Gasteiger partial charge in [0.1, 0.15) is 17.2 Å². The molecule has 0 aliphatic carbocycles. The van der Waals surface area contributed by atoms with Crippen LogP contribution in [0.15, 0.2) is 71.3 Å². The highest BCUT2D eigenvalue weighted by Crippen LogP contribution is 2.39. The molecule has 1 saturated heterocycles. The number of hydrogen-bond acceptors (Lipinski definition) is 6. The van der Waals surface area contributed by atoms with Crippen molar-refractivity contribution in [2.24, 2.45) is 0 Å². The van der Waals surface area contributed by atoms with E-state index in [1.807, 2.05) is 0 Å². The molecule has 0 radical (unpaired) electrons. The number of carbonyl (C=O) groups excluding carboxylic acids is 2. The quantitative estimate of drug-likeness (QED) is 0.289. The largest absolute Gasteiger partial charge is 0.459 e. The summed E-state index contributed by atoms with van der Waals surface area (Å²) in [5.74, 6) is -0.0316. The molecule has 212 valence electrons. The molecule has 0 unspecified atom stereocenters. The normalized spacial score (nSPS) is 14.4. The summed E-state index contributed by atoms with van der Waals surface area (Å²) in [6.07, 6.45) is 0.525. The number of hydrogen-bond donors (Lipinski definition) is 3. The van der Waals surface area contributed by atoms with E-state index in [1.165, 1.54) is 18.3 Å². The number of nitrogens with one attached hydrogen (secondary N) is 2. The van der Waals surface area contributed by atoms with Gasteiger partial charge in [-0.05, 0) is 78.2 Å². The van der Waals surface area contributed by atoms with E-state index in [4.69, 9.17) is 10.2 Å². The molecule has 1 aliphatic heterocycles. The maximum Gasteiger partial charge on any atom is 0.420 e. The van der Waals surface area contributed by atoms with Crippen LogP contribution in [0.25, 0.3) is 28.2 Å². The Morgan fingerprint density at radius 2 is 1.85 bits per heavy atom. The van der Waals surface area contributed by atoms with Crippen molar-refractivity contribution in [3.63, 3.8) is 0 Å². The van der Waals surface area contributed by atoms with E-state index < -0.39 is 17.6 Å². The van der Waals surface area contributed by atoms with Gasteiger partial charge in [0.2, 0.25) is 5.91 Å². The van der Waals surface area contributed by atoms with E-state index in [2.05, 4.69) is 15.6 Å². The summed E-state index contributed by atoms with van der Waals surface area (Å²) in [5, 5.41) is 6.11. The van der Waals surface area contributed by atoms with Gasteiger partial charge in [0.25, 0.3) is 5.91 Å². The first kappa shape index (κ1) is 27.9. The van der Waals surface area contributed by atoms with E-state index in [1.54, 1.807) is 53.4 Å². The predicted octanol–water partition coefficient (Wildman–Crippen LogP) is 4.86. The Morgan fingerprint density at radius 1 is 1.05 bits per heavy atom. The number of nitrogens with two attached hydrogens (primary N) is 1. The van der Waals surface area contributed by atoms with E-state index in [0.717, 1.165) is 25.6 Å². The summed E-state index contributed by atoms with van der Waals surface area (Å²) in [7, 11) is 0. The van der Waals surface area contributed by atoms with Gasteiger partial charge in [0, 0.05) is 42.9 Å². The fraction of sp³-hybridized carbons (Fsp3) is 0.233. The highest BCUT2D eigenvalue weighted by molar-refractivity contribution is 5.95. The summed E-state index contributed by atoms with van der Waals surface area (Å²) in [4.78, 5) is 30.8. The second-order valence-electron chi connectivity index (χ2n) is 9.69. The van der Waals surface area contributed by atoms with Crippen molar-refractivity contribution in [1.82, 2.24) is 20.5 Å². The number of fused-ring (bicyclic) bond motifs is 1. The van der Waals surface area contributed by atoms with Crippen LogP contribution in [0.2, 0.25) is 0 Å². The maximum atomic E-state index is 14.0. The Kier molecular flexibility index (Phi) is 8.06. The summed E-state index contributed by atoms with van der Waals surface area (Å²) in [6, 6.07) is 14.0. The van der Waals surface area contributed by atoms with Crippen LogP contribution < -0.4 is 16.4 Å². The molecule has 0 atom stereocenters. The summed E-state index contributed by atoms with van der Waals surface area (Å²) in [5.41, 5.74) is 6.32. The van der Waals surface area contributed by atoms with Crippen LogP contribution in [-0.4, -0.2) is 47.9 Å². The van der Waals surface area contributed by atoms with Crippen LogP contribution in [0.3, 0.4) is 0 Å². The van der Waals surface area contributed by atoms with Crippen LogP contribution in [0.4, 0.5) is 19.0 Å². The minimum atomic E-state index is -4.67. The monoisotopic (exact) mass is 563 g/mol. The maximum absolute atomic E-state index is 14.0. The average molecular weight is 564 g/mol. The molecule has 2 amide bonds. The Labute approximate surface area is 234 Å². The zero-order valence-corrected chi connectivity index (χ0v) is 22.0. The fourth-order valence-electron chi connectivity index (χ4n) is 4.63. The average Bonchev–Trinajstić information content (AvgIpc) is 3.18. The number of amides is 2. The van der Waals surface area contributed by atoms with Crippen molar-refractivity contribution in [1.29, 1.82) is 0 Å². The molecule has 5 rings (SSSR count). The first-order chi connectivity index (χ1) is 19.7. The molecule has 41 heavy (non-hydrogen) atoms. The molecule has 8 nitrogen and oxygen atoms in total. The number of pyridine rings is 1. The van der Waals surface area contributed by atoms with Gasteiger partial charge in [-0.3, -0.25) is 9.59 Å². The number of halogens is 3. The third-order valence-corrected chi connectivity index (χ3v) is 6.74. The van der Waals surface area contributed by atoms with Crippen LogP contribution in [0, 0.1) is 0 Å². The molecule has 4 N–H and O–H groups in total. The van der Waals surface area contributed by atoms with E-state index in [9.17, 15) is 22.8 Å². The van der Waals surface area contributed by atoms with Crippen molar-refractivity contribution >= 4 is 34.7 Å². The lowest BCUT2D eigenvalue weighted by atomic mass is 9.99. The minimum absolute atomic E-state index is 0.104. The summed E-state index contributed by atoms with van der Waals surface area (Å²) < 4.78 is 47.6. The van der Waals surface area contributed by atoms with Gasteiger partial charge in [-0.15, -0.1) is 0 Å². The highest BCUT2D eigenvalue weighted by Gasteiger charge is 2.35. The number of alkyl halides is 3. The molecule has 3 heterocycles. The van der Waals surface area contributed by atoms with Gasteiger partial charge in [0.05, 0.1) is 12.1 Å². The molecule has 2 aromatic carbocycles. The number of nitrogen functional groups attached to an aromatic ring is 1. The third kappa shape index (κ3) is 6.75. The van der Waals surface area contributed by atoms with Crippen LogP contribution in [0.1, 0.15) is 33.7 Å².